The van der Waals surface area contributed by atoms with E-state index in [1.807, 2.05) is 57.5 Å². The lowest BCUT2D eigenvalue weighted by Crippen LogP contribution is -2.27. The third kappa shape index (κ3) is 13.2. The maximum absolute atomic E-state index is 15.0. The number of nitrogens with zero attached hydrogens (tertiary/aromatic N) is 3. The molecule has 2 atom stereocenters. The van der Waals surface area contributed by atoms with Crippen molar-refractivity contribution in [2.45, 2.75) is 79.4 Å². The molecule has 2 aliphatic rings. The second-order valence-corrected chi connectivity index (χ2v) is 11.1. The van der Waals surface area contributed by atoms with Gasteiger partial charge in [-0.1, -0.05) is 50.3 Å². The third-order valence-corrected chi connectivity index (χ3v) is 7.59. The second-order valence-electron chi connectivity index (χ2n) is 11.1. The first-order chi connectivity index (χ1) is 23.4. The number of carboxylic acids is 1. The number of benzene rings is 2. The Balaban J connectivity index is 0.000000462. The molecule has 0 radical (unpaired) electrons. The molecule has 3 aromatic rings. The van der Waals surface area contributed by atoms with Crippen LogP contribution in [-0.4, -0.2) is 51.7 Å². The van der Waals surface area contributed by atoms with E-state index in [0.717, 1.165) is 29.9 Å². The van der Waals surface area contributed by atoms with Crippen molar-refractivity contribution < 1.29 is 32.5 Å². The standard InChI is InChI=1S/C27H26F3N3O.C5H9NO2.C4H8O.C2H6/c1-17-18(2)33(3)26(31-17)15-20-8-9-21(14-23(20)29)25-6-4-5-7-27(32-25)34-13-12-19-10-11-22(28)16-24(19)30;1-2-3-4(6)5(7)8;1-4-2-3-5-4;1-2/h4,6-11,14,16H,5,12-13,15H2,1-3H3;2-4H,6H2,1H3,(H,7,8);4H,2-3H2,1H3;1-2H3/b;3-2-;;. The molecule has 266 valence electrons. The fraction of sp³-hybridized carbons (Fsp3) is 0.395. The van der Waals surface area contributed by atoms with E-state index < -0.39 is 23.6 Å². The number of aliphatic imine (C=N–C) groups is 1. The summed E-state index contributed by atoms with van der Waals surface area (Å²) in [5, 5.41) is 8.14. The minimum atomic E-state index is -0.997. The van der Waals surface area contributed by atoms with Gasteiger partial charge in [0.05, 0.1) is 24.1 Å². The summed E-state index contributed by atoms with van der Waals surface area (Å²) < 4.78 is 54.5. The lowest BCUT2D eigenvalue weighted by Gasteiger charge is -2.20. The number of hydrogen-bond acceptors (Lipinski definition) is 6. The van der Waals surface area contributed by atoms with Crippen LogP contribution in [0.25, 0.3) is 0 Å². The molecule has 1 aromatic heterocycles. The first-order valence-electron chi connectivity index (χ1n) is 16.4. The molecule has 0 spiro atoms. The van der Waals surface area contributed by atoms with Crippen molar-refractivity contribution in [2.75, 3.05) is 13.2 Å². The van der Waals surface area contributed by atoms with Crippen molar-refractivity contribution in [2.24, 2.45) is 17.8 Å². The van der Waals surface area contributed by atoms with E-state index in [-0.39, 0.29) is 18.8 Å². The monoisotopic (exact) mass is 682 g/mol. The Labute approximate surface area is 287 Å². The SMILES string of the molecule is C/C=C\C(N)C(=O)O.CC.CC1CCO1.Cc1nc(Cc2ccc(C3=NC(OCCc4ccc(F)cc4F)=CCC=C3)cc2F)n(C)c1C. The molecule has 11 heteroatoms. The van der Waals surface area contributed by atoms with E-state index >= 15 is 0 Å². The van der Waals surface area contributed by atoms with Gasteiger partial charge in [-0.05, 0) is 75.9 Å². The predicted molar refractivity (Wildman–Crippen MR) is 188 cm³/mol. The van der Waals surface area contributed by atoms with Crippen molar-refractivity contribution in [1.82, 2.24) is 9.55 Å². The van der Waals surface area contributed by atoms with Crippen molar-refractivity contribution in [3.8, 4) is 0 Å². The van der Waals surface area contributed by atoms with Crippen molar-refractivity contribution >= 4 is 11.7 Å². The molecule has 0 aliphatic carbocycles. The van der Waals surface area contributed by atoms with Gasteiger partial charge in [0, 0.05) is 43.8 Å². The van der Waals surface area contributed by atoms with Crippen LogP contribution in [0.5, 0.6) is 0 Å². The zero-order valence-electron chi connectivity index (χ0n) is 29.5. The van der Waals surface area contributed by atoms with Gasteiger partial charge in [-0.3, -0.25) is 4.79 Å². The first kappa shape index (κ1) is 40.7. The average Bonchev–Trinajstić information content (AvgIpc) is 3.20. The van der Waals surface area contributed by atoms with E-state index in [1.54, 1.807) is 25.1 Å². The summed E-state index contributed by atoms with van der Waals surface area (Å²) in [7, 11) is 1.93. The number of carboxylic acid groups (broad SMARTS) is 1. The van der Waals surface area contributed by atoms with Gasteiger partial charge in [0.15, 0.2) is 0 Å². The van der Waals surface area contributed by atoms with E-state index in [2.05, 4.69) is 16.9 Å². The number of halogens is 3. The molecule has 2 aromatic carbocycles. The predicted octanol–water partition coefficient (Wildman–Crippen LogP) is 7.69. The molecule has 0 amide bonds. The van der Waals surface area contributed by atoms with Crippen LogP contribution < -0.4 is 5.73 Å². The Kier molecular flexibility index (Phi) is 17.3. The number of aliphatic carboxylic acids is 1. The van der Waals surface area contributed by atoms with E-state index in [1.165, 1.54) is 30.7 Å². The number of carbonyl (C=O) groups is 1. The number of nitrogens with two attached hydrogens (primary N) is 1. The van der Waals surface area contributed by atoms with Crippen LogP contribution in [0.4, 0.5) is 13.2 Å². The topological polar surface area (TPSA) is 112 Å². The summed E-state index contributed by atoms with van der Waals surface area (Å²) in [6.45, 7) is 12.9. The lowest BCUT2D eigenvalue weighted by atomic mass is 10.0. The molecule has 5 rings (SSSR count). The van der Waals surface area contributed by atoms with Gasteiger partial charge in [0.2, 0.25) is 5.88 Å². The zero-order chi connectivity index (χ0) is 36.5. The minimum Gasteiger partial charge on any atom is -0.480 e. The highest BCUT2D eigenvalue weighted by Crippen LogP contribution is 2.20. The molecular weight excluding hydrogens is 633 g/mol. The molecule has 1 saturated heterocycles. The highest BCUT2D eigenvalue weighted by Gasteiger charge is 2.14. The Morgan fingerprint density at radius 3 is 2.31 bits per heavy atom. The maximum Gasteiger partial charge on any atom is 0.324 e. The quantitative estimate of drug-likeness (QED) is 0.224. The number of rotatable bonds is 9. The highest BCUT2D eigenvalue weighted by atomic mass is 19.1. The molecule has 3 heterocycles. The molecule has 8 nitrogen and oxygen atoms in total. The average molecular weight is 683 g/mol. The van der Waals surface area contributed by atoms with Crippen molar-refractivity contribution in [3.63, 3.8) is 0 Å². The van der Waals surface area contributed by atoms with Crippen LogP contribution >= 0.6 is 0 Å². The van der Waals surface area contributed by atoms with Crippen LogP contribution in [0.15, 0.2) is 77.7 Å². The number of ether oxygens (including phenoxy) is 2. The Bertz CT molecular complexity index is 1640. The molecule has 2 aliphatic heterocycles. The van der Waals surface area contributed by atoms with E-state index in [0.29, 0.717) is 47.2 Å². The van der Waals surface area contributed by atoms with Gasteiger partial charge in [-0.25, -0.2) is 23.1 Å². The molecule has 49 heavy (non-hydrogen) atoms. The van der Waals surface area contributed by atoms with Crippen LogP contribution in [0.1, 0.15) is 74.4 Å². The van der Waals surface area contributed by atoms with Crippen LogP contribution in [0.3, 0.4) is 0 Å². The minimum absolute atomic E-state index is 0.182. The lowest BCUT2D eigenvalue weighted by molar-refractivity contribution is -0.137. The summed E-state index contributed by atoms with van der Waals surface area (Å²) in [4.78, 5) is 19.0. The van der Waals surface area contributed by atoms with Crippen molar-refractivity contribution in [3.05, 3.63) is 124 Å². The van der Waals surface area contributed by atoms with Crippen molar-refractivity contribution in [1.29, 1.82) is 0 Å². The zero-order valence-corrected chi connectivity index (χ0v) is 29.5. The molecule has 1 fully saturated rings. The van der Waals surface area contributed by atoms with Gasteiger partial charge >= 0.3 is 5.97 Å². The number of allylic oxidation sites excluding steroid dienone is 4. The summed E-state index contributed by atoms with van der Waals surface area (Å²) in [6.07, 6.45) is 11.7. The van der Waals surface area contributed by atoms with E-state index in [9.17, 15) is 18.0 Å². The Morgan fingerprint density at radius 1 is 1.14 bits per heavy atom. The summed E-state index contributed by atoms with van der Waals surface area (Å²) in [5.74, 6) is -1.35. The Morgan fingerprint density at radius 2 is 1.80 bits per heavy atom. The number of aromatic nitrogens is 2. The van der Waals surface area contributed by atoms with Crippen LogP contribution in [0, 0.1) is 31.3 Å². The van der Waals surface area contributed by atoms with Gasteiger partial charge in [-0.15, -0.1) is 0 Å². The first-order valence-corrected chi connectivity index (χ1v) is 16.4. The number of hydrogen-bond donors (Lipinski definition) is 2. The number of imidazole rings is 1. The van der Waals surface area contributed by atoms with Crippen LogP contribution in [-0.2, 0) is 34.2 Å². The highest BCUT2D eigenvalue weighted by molar-refractivity contribution is 6.09. The van der Waals surface area contributed by atoms with Gasteiger partial charge in [0.1, 0.15) is 29.3 Å². The fourth-order valence-electron chi connectivity index (χ4n) is 4.40. The van der Waals surface area contributed by atoms with Gasteiger partial charge in [-0.2, -0.15) is 0 Å². The summed E-state index contributed by atoms with van der Waals surface area (Å²) >= 11 is 0. The van der Waals surface area contributed by atoms with Gasteiger partial charge < -0.3 is 24.9 Å². The third-order valence-electron chi connectivity index (χ3n) is 7.59. The van der Waals surface area contributed by atoms with E-state index in [4.69, 9.17) is 20.3 Å². The fourth-order valence-corrected chi connectivity index (χ4v) is 4.40. The second kappa shape index (κ2) is 20.8. The largest absolute Gasteiger partial charge is 0.480 e. The summed E-state index contributed by atoms with van der Waals surface area (Å²) in [6, 6.07) is 7.70. The van der Waals surface area contributed by atoms with Crippen LogP contribution in [0.2, 0.25) is 0 Å². The molecule has 0 saturated carbocycles. The Hall–Kier alpha value is -4.48. The normalized spacial score (nSPS) is 15.5. The molecule has 0 bridgehead atoms. The molecule has 3 N–H and O–H groups in total. The smallest absolute Gasteiger partial charge is 0.324 e. The molecular formula is C38H49F3N4O4. The van der Waals surface area contributed by atoms with Gasteiger partial charge in [0.25, 0.3) is 0 Å². The molecule has 2 unspecified atom stereocenters. The summed E-state index contributed by atoms with van der Waals surface area (Å²) in [5.41, 5.74) is 9.17. The maximum atomic E-state index is 15.0. The number of aryl methyl sites for hydroxylation is 1.